The maximum Gasteiger partial charge on any atom is 0.303 e. The first kappa shape index (κ1) is 14.4. The zero-order valence-electron chi connectivity index (χ0n) is 9.70. The largest absolute Gasteiger partial charge is 0.481 e. The van der Waals surface area contributed by atoms with Gasteiger partial charge in [0.2, 0.25) is 0 Å². The topological polar surface area (TPSA) is 69.6 Å². The number of aliphatic carboxylic acids is 1. The molecule has 3 N–H and O–H groups in total. The molecule has 4 nitrogen and oxygen atoms in total. The molecule has 0 spiro atoms. The molecule has 15 heavy (non-hydrogen) atoms. The summed E-state index contributed by atoms with van der Waals surface area (Å²) in [6.07, 6.45) is 1.99. The lowest BCUT2D eigenvalue weighted by Gasteiger charge is -2.12. The number of carboxylic acids is 1. The Kier molecular flexibility index (Phi) is 8.33. The van der Waals surface area contributed by atoms with Crippen molar-refractivity contribution < 1.29 is 15.0 Å². The lowest BCUT2D eigenvalue weighted by Crippen LogP contribution is -2.25. The Morgan fingerprint density at radius 3 is 2.47 bits per heavy atom. The first-order valence-corrected chi connectivity index (χ1v) is 5.59. The number of nitrogens with one attached hydrogen (secondary N) is 1. The summed E-state index contributed by atoms with van der Waals surface area (Å²) in [5.74, 6) is 0.0149. The van der Waals surface area contributed by atoms with E-state index in [4.69, 9.17) is 10.2 Å². The van der Waals surface area contributed by atoms with Crippen LogP contribution < -0.4 is 5.32 Å². The molecule has 2 atom stereocenters. The van der Waals surface area contributed by atoms with Gasteiger partial charge in [0.1, 0.15) is 0 Å². The van der Waals surface area contributed by atoms with E-state index in [2.05, 4.69) is 12.2 Å². The van der Waals surface area contributed by atoms with Gasteiger partial charge in [-0.25, -0.2) is 0 Å². The van der Waals surface area contributed by atoms with E-state index in [-0.39, 0.29) is 13.0 Å². The van der Waals surface area contributed by atoms with Crippen molar-refractivity contribution in [1.82, 2.24) is 5.32 Å². The molecule has 0 heterocycles. The molecule has 0 aromatic rings. The van der Waals surface area contributed by atoms with Crippen LogP contribution in [-0.2, 0) is 4.79 Å². The minimum atomic E-state index is -0.719. The summed E-state index contributed by atoms with van der Waals surface area (Å²) in [6.45, 7) is 5.98. The number of rotatable bonds is 9. The maximum atomic E-state index is 10.3. The molecule has 0 saturated heterocycles. The van der Waals surface area contributed by atoms with Gasteiger partial charge in [-0.15, -0.1) is 0 Å². The third-order valence-corrected chi connectivity index (χ3v) is 2.47. The lowest BCUT2D eigenvalue weighted by atomic mass is 10.0. The number of hydrogen-bond acceptors (Lipinski definition) is 3. The van der Waals surface area contributed by atoms with Crippen molar-refractivity contribution in [1.29, 1.82) is 0 Å². The Morgan fingerprint density at radius 1 is 1.27 bits per heavy atom. The Hall–Kier alpha value is -0.610. The second-order valence-electron chi connectivity index (χ2n) is 4.32. The highest BCUT2D eigenvalue weighted by Gasteiger charge is 2.05. The van der Waals surface area contributed by atoms with Gasteiger partial charge < -0.3 is 15.5 Å². The van der Waals surface area contributed by atoms with Gasteiger partial charge in [0, 0.05) is 13.0 Å². The minimum absolute atomic E-state index is 0.210. The molecule has 0 fully saturated rings. The van der Waals surface area contributed by atoms with Crippen molar-refractivity contribution in [2.45, 2.75) is 33.1 Å². The Labute approximate surface area is 91.7 Å². The molecule has 0 bridgehead atoms. The molecular weight excluding hydrogens is 194 g/mol. The monoisotopic (exact) mass is 217 g/mol. The average Bonchev–Trinajstić information content (AvgIpc) is 2.21. The van der Waals surface area contributed by atoms with E-state index in [1.807, 2.05) is 6.92 Å². The number of carbonyl (C=O) groups is 1. The summed E-state index contributed by atoms with van der Waals surface area (Å²) in [6, 6.07) is 0. The van der Waals surface area contributed by atoms with Gasteiger partial charge in [-0.05, 0) is 37.8 Å². The molecular formula is C11H23NO3. The zero-order chi connectivity index (χ0) is 11.7. The van der Waals surface area contributed by atoms with E-state index in [1.165, 1.54) is 0 Å². The zero-order valence-corrected chi connectivity index (χ0v) is 9.70. The second-order valence-corrected chi connectivity index (χ2v) is 4.32. The SMILES string of the molecule is CC(CCNCC(C)CO)CCC(=O)O. The summed E-state index contributed by atoms with van der Waals surface area (Å²) in [5, 5.41) is 20.5. The number of aliphatic hydroxyl groups is 1. The highest BCUT2D eigenvalue weighted by molar-refractivity contribution is 5.66. The van der Waals surface area contributed by atoms with E-state index in [1.54, 1.807) is 0 Å². The summed E-state index contributed by atoms with van der Waals surface area (Å²) in [4.78, 5) is 10.3. The van der Waals surface area contributed by atoms with E-state index in [0.29, 0.717) is 11.8 Å². The molecule has 0 aliphatic heterocycles. The molecule has 0 amide bonds. The van der Waals surface area contributed by atoms with E-state index in [9.17, 15) is 4.79 Å². The number of hydrogen-bond donors (Lipinski definition) is 3. The van der Waals surface area contributed by atoms with Crippen LogP contribution in [0.2, 0.25) is 0 Å². The molecule has 0 aliphatic rings. The predicted molar refractivity (Wildman–Crippen MR) is 59.8 cm³/mol. The van der Waals surface area contributed by atoms with Crippen LogP contribution in [0, 0.1) is 11.8 Å². The minimum Gasteiger partial charge on any atom is -0.481 e. The fourth-order valence-electron chi connectivity index (χ4n) is 1.28. The molecule has 0 aliphatic carbocycles. The Morgan fingerprint density at radius 2 is 1.93 bits per heavy atom. The van der Waals surface area contributed by atoms with E-state index < -0.39 is 5.97 Å². The van der Waals surface area contributed by atoms with Crippen molar-refractivity contribution in [2.75, 3.05) is 19.7 Å². The van der Waals surface area contributed by atoms with Crippen molar-refractivity contribution in [3.63, 3.8) is 0 Å². The molecule has 90 valence electrons. The van der Waals surface area contributed by atoms with Crippen molar-refractivity contribution in [3.8, 4) is 0 Å². The first-order valence-electron chi connectivity index (χ1n) is 5.59. The van der Waals surface area contributed by atoms with Crippen LogP contribution in [0.25, 0.3) is 0 Å². The molecule has 4 heteroatoms. The number of aliphatic hydroxyl groups excluding tert-OH is 1. The standard InChI is InChI=1S/C11H23NO3/c1-9(3-4-11(14)15)5-6-12-7-10(2)8-13/h9-10,12-13H,3-8H2,1-2H3,(H,14,15). The molecule has 0 aromatic heterocycles. The number of carboxylic acid groups (broad SMARTS) is 1. The second kappa shape index (κ2) is 8.68. The van der Waals surface area contributed by atoms with Gasteiger partial charge in [-0.3, -0.25) is 4.79 Å². The van der Waals surface area contributed by atoms with Crippen molar-refractivity contribution in [2.24, 2.45) is 11.8 Å². The van der Waals surface area contributed by atoms with Crippen LogP contribution in [0.5, 0.6) is 0 Å². The quantitative estimate of drug-likeness (QED) is 0.506. The highest BCUT2D eigenvalue weighted by atomic mass is 16.4. The normalized spacial score (nSPS) is 14.9. The summed E-state index contributed by atoms with van der Waals surface area (Å²) in [5.41, 5.74) is 0. The van der Waals surface area contributed by atoms with Crippen LogP contribution >= 0.6 is 0 Å². The molecule has 0 radical (unpaired) electrons. The Balaban J connectivity index is 3.31. The predicted octanol–water partition coefficient (Wildman–Crippen LogP) is 1.10. The molecule has 0 saturated carbocycles. The van der Waals surface area contributed by atoms with Gasteiger partial charge in [0.15, 0.2) is 0 Å². The van der Waals surface area contributed by atoms with E-state index >= 15 is 0 Å². The molecule has 0 rings (SSSR count). The first-order chi connectivity index (χ1) is 7.06. The Bertz CT molecular complexity index is 173. The van der Waals surface area contributed by atoms with Gasteiger partial charge in [0.05, 0.1) is 0 Å². The van der Waals surface area contributed by atoms with Crippen LogP contribution in [-0.4, -0.2) is 35.9 Å². The summed E-state index contributed by atoms with van der Waals surface area (Å²) < 4.78 is 0. The highest BCUT2D eigenvalue weighted by Crippen LogP contribution is 2.09. The summed E-state index contributed by atoms with van der Waals surface area (Å²) in [7, 11) is 0. The van der Waals surface area contributed by atoms with Crippen molar-refractivity contribution >= 4 is 5.97 Å². The van der Waals surface area contributed by atoms with Gasteiger partial charge in [0.25, 0.3) is 0 Å². The molecule has 0 aromatic carbocycles. The average molecular weight is 217 g/mol. The van der Waals surface area contributed by atoms with Gasteiger partial charge in [-0.2, -0.15) is 0 Å². The smallest absolute Gasteiger partial charge is 0.303 e. The van der Waals surface area contributed by atoms with Crippen molar-refractivity contribution in [3.05, 3.63) is 0 Å². The van der Waals surface area contributed by atoms with E-state index in [0.717, 1.165) is 25.9 Å². The third-order valence-electron chi connectivity index (χ3n) is 2.47. The maximum absolute atomic E-state index is 10.3. The van der Waals surface area contributed by atoms with Crippen LogP contribution in [0.3, 0.4) is 0 Å². The fourth-order valence-corrected chi connectivity index (χ4v) is 1.28. The third kappa shape index (κ3) is 9.69. The van der Waals surface area contributed by atoms with Crippen LogP contribution in [0.4, 0.5) is 0 Å². The van der Waals surface area contributed by atoms with Crippen LogP contribution in [0.15, 0.2) is 0 Å². The lowest BCUT2D eigenvalue weighted by molar-refractivity contribution is -0.137. The molecule has 2 unspecified atom stereocenters. The fraction of sp³-hybridized carbons (Fsp3) is 0.909. The van der Waals surface area contributed by atoms with Gasteiger partial charge in [-0.1, -0.05) is 13.8 Å². The summed E-state index contributed by atoms with van der Waals surface area (Å²) >= 11 is 0. The van der Waals surface area contributed by atoms with Crippen LogP contribution in [0.1, 0.15) is 33.1 Å². The van der Waals surface area contributed by atoms with Gasteiger partial charge >= 0.3 is 5.97 Å².